The predicted octanol–water partition coefficient (Wildman–Crippen LogP) is 2.62. The van der Waals surface area contributed by atoms with E-state index in [9.17, 15) is 8.42 Å². The summed E-state index contributed by atoms with van der Waals surface area (Å²) in [6.07, 6.45) is 0. The van der Waals surface area contributed by atoms with Gasteiger partial charge < -0.3 is 14.9 Å². The van der Waals surface area contributed by atoms with Crippen LogP contribution in [0.15, 0.2) is 38.1 Å². The lowest BCUT2D eigenvalue weighted by Crippen LogP contribution is -2.13. The van der Waals surface area contributed by atoms with Gasteiger partial charge in [0.05, 0.1) is 19.3 Å². The number of ether oxygens (including phenoxy) is 1. The zero-order chi connectivity index (χ0) is 15.6. The molecule has 1 heterocycles. The van der Waals surface area contributed by atoms with Crippen molar-refractivity contribution in [1.82, 2.24) is 0 Å². The van der Waals surface area contributed by atoms with E-state index in [1.54, 1.807) is 25.1 Å². The highest BCUT2D eigenvalue weighted by Gasteiger charge is 2.22. The fraction of sp³-hybridized carbons (Fsp3) is 0.231. The van der Waals surface area contributed by atoms with Crippen molar-refractivity contribution in [1.29, 1.82) is 0 Å². The monoisotopic (exact) mass is 374 g/mol. The average Bonchev–Trinajstić information content (AvgIpc) is 2.83. The minimum absolute atomic E-state index is 0.0673. The van der Waals surface area contributed by atoms with E-state index in [0.29, 0.717) is 27.4 Å². The zero-order valence-corrected chi connectivity index (χ0v) is 13.9. The van der Waals surface area contributed by atoms with Crippen LogP contribution < -0.4 is 15.2 Å². The molecule has 0 atom stereocenters. The Morgan fingerprint density at radius 3 is 2.67 bits per heavy atom. The summed E-state index contributed by atoms with van der Waals surface area (Å²) >= 11 is 3.30. The normalized spacial score (nSPS) is 11.4. The first-order chi connectivity index (χ1) is 9.87. The SMILES string of the molecule is COc1ccc(Br)c(NS(=O)(=O)c2cc(CN)oc2C)c1. The Morgan fingerprint density at radius 2 is 2.10 bits per heavy atom. The van der Waals surface area contributed by atoms with Crippen molar-refractivity contribution in [3.05, 3.63) is 40.3 Å². The molecule has 1 aromatic heterocycles. The van der Waals surface area contributed by atoms with Crippen molar-refractivity contribution in [2.24, 2.45) is 5.73 Å². The lowest BCUT2D eigenvalue weighted by atomic mass is 10.3. The molecule has 0 aliphatic heterocycles. The standard InChI is InChI=1S/C13H15BrN2O4S/c1-8-13(6-10(7-15)20-8)21(17,18)16-12-5-9(19-2)3-4-11(12)14/h3-6,16H,7,15H2,1-2H3. The molecule has 0 amide bonds. The molecule has 0 saturated carbocycles. The Labute approximate surface area is 131 Å². The molecule has 0 aliphatic rings. The van der Waals surface area contributed by atoms with Crippen LogP contribution in [0.2, 0.25) is 0 Å². The molecular weight excluding hydrogens is 360 g/mol. The molecule has 0 unspecified atom stereocenters. The Morgan fingerprint density at radius 1 is 1.38 bits per heavy atom. The summed E-state index contributed by atoms with van der Waals surface area (Å²) in [7, 11) is -2.26. The summed E-state index contributed by atoms with van der Waals surface area (Å²) in [5, 5.41) is 0. The highest BCUT2D eigenvalue weighted by Crippen LogP contribution is 2.30. The summed E-state index contributed by atoms with van der Waals surface area (Å²) in [5.74, 6) is 1.25. The van der Waals surface area contributed by atoms with Crippen LogP contribution in [-0.2, 0) is 16.6 Å². The predicted molar refractivity (Wildman–Crippen MR) is 82.8 cm³/mol. The number of aryl methyl sites for hydroxylation is 1. The van der Waals surface area contributed by atoms with Crippen LogP contribution in [0.1, 0.15) is 11.5 Å². The first-order valence-corrected chi connectivity index (χ1v) is 8.30. The lowest BCUT2D eigenvalue weighted by molar-refractivity contribution is 0.415. The van der Waals surface area contributed by atoms with E-state index in [2.05, 4.69) is 20.7 Å². The highest BCUT2D eigenvalue weighted by molar-refractivity contribution is 9.10. The maximum Gasteiger partial charge on any atom is 0.265 e. The van der Waals surface area contributed by atoms with Crippen molar-refractivity contribution < 1.29 is 17.6 Å². The molecule has 114 valence electrons. The van der Waals surface area contributed by atoms with E-state index < -0.39 is 10.0 Å². The van der Waals surface area contributed by atoms with Gasteiger partial charge in [0, 0.05) is 16.6 Å². The molecule has 0 aliphatic carbocycles. The summed E-state index contributed by atoms with van der Waals surface area (Å²) in [5.41, 5.74) is 5.84. The summed E-state index contributed by atoms with van der Waals surface area (Å²) in [4.78, 5) is 0.0673. The molecule has 1 aromatic carbocycles. The van der Waals surface area contributed by atoms with Gasteiger partial charge in [-0.25, -0.2) is 8.42 Å². The molecule has 0 spiro atoms. The van der Waals surface area contributed by atoms with Crippen LogP contribution >= 0.6 is 15.9 Å². The fourth-order valence-electron chi connectivity index (χ4n) is 1.80. The number of nitrogens with two attached hydrogens (primary N) is 1. The second-order valence-electron chi connectivity index (χ2n) is 4.29. The van der Waals surface area contributed by atoms with E-state index in [0.717, 1.165) is 0 Å². The van der Waals surface area contributed by atoms with E-state index >= 15 is 0 Å². The van der Waals surface area contributed by atoms with E-state index in [1.165, 1.54) is 13.2 Å². The second kappa shape index (κ2) is 6.08. The molecule has 3 N–H and O–H groups in total. The topological polar surface area (TPSA) is 94.6 Å². The Hall–Kier alpha value is -1.51. The fourth-order valence-corrected chi connectivity index (χ4v) is 3.55. The number of halogens is 1. The maximum atomic E-state index is 12.4. The van der Waals surface area contributed by atoms with Crippen LogP contribution in [0.5, 0.6) is 5.75 Å². The molecule has 21 heavy (non-hydrogen) atoms. The van der Waals surface area contributed by atoms with Gasteiger partial charge in [0.2, 0.25) is 0 Å². The zero-order valence-electron chi connectivity index (χ0n) is 11.5. The van der Waals surface area contributed by atoms with E-state index in [-0.39, 0.29) is 11.4 Å². The minimum atomic E-state index is -3.77. The van der Waals surface area contributed by atoms with Crippen LogP contribution in [0.3, 0.4) is 0 Å². The van der Waals surface area contributed by atoms with Crippen LogP contribution in [0.25, 0.3) is 0 Å². The highest BCUT2D eigenvalue weighted by atomic mass is 79.9. The molecule has 0 radical (unpaired) electrons. The van der Waals surface area contributed by atoms with Crippen molar-refractivity contribution in [3.63, 3.8) is 0 Å². The number of hydrogen-bond acceptors (Lipinski definition) is 5. The van der Waals surface area contributed by atoms with Crippen LogP contribution in [0, 0.1) is 6.92 Å². The first-order valence-electron chi connectivity index (χ1n) is 6.03. The third-order valence-corrected chi connectivity index (χ3v) is 5.00. The number of anilines is 1. The Bertz CT molecular complexity index is 756. The molecule has 0 fully saturated rings. The Balaban J connectivity index is 2.39. The second-order valence-corrected chi connectivity index (χ2v) is 6.79. The summed E-state index contributed by atoms with van der Waals surface area (Å²) in [6, 6.07) is 6.42. The smallest absolute Gasteiger partial charge is 0.265 e. The molecule has 8 heteroatoms. The van der Waals surface area contributed by atoms with Gasteiger partial charge in [0.25, 0.3) is 10.0 Å². The van der Waals surface area contributed by atoms with Crippen molar-refractivity contribution in [2.45, 2.75) is 18.4 Å². The maximum absolute atomic E-state index is 12.4. The molecule has 2 aromatic rings. The number of furan rings is 1. The van der Waals surface area contributed by atoms with Gasteiger partial charge in [0.15, 0.2) is 0 Å². The third-order valence-electron chi connectivity index (χ3n) is 2.83. The van der Waals surface area contributed by atoms with Gasteiger partial charge in [-0.2, -0.15) is 0 Å². The molecule has 2 rings (SSSR count). The minimum Gasteiger partial charge on any atom is -0.497 e. The summed E-state index contributed by atoms with van der Waals surface area (Å²) < 4.78 is 38.3. The molecule has 6 nitrogen and oxygen atoms in total. The quantitative estimate of drug-likeness (QED) is 0.838. The number of sulfonamides is 1. The van der Waals surface area contributed by atoms with Gasteiger partial charge in [-0.3, -0.25) is 4.72 Å². The number of methoxy groups -OCH3 is 1. The molecule has 0 saturated heterocycles. The van der Waals surface area contributed by atoms with Crippen molar-refractivity contribution in [2.75, 3.05) is 11.8 Å². The Kier molecular flexibility index (Phi) is 4.60. The number of hydrogen-bond donors (Lipinski definition) is 2. The third kappa shape index (κ3) is 3.39. The van der Waals surface area contributed by atoms with Gasteiger partial charge in [-0.05, 0) is 35.0 Å². The number of benzene rings is 1. The largest absolute Gasteiger partial charge is 0.497 e. The van der Waals surface area contributed by atoms with Crippen molar-refractivity contribution in [3.8, 4) is 5.75 Å². The first kappa shape index (κ1) is 15.9. The number of nitrogens with one attached hydrogen (secondary N) is 1. The van der Waals surface area contributed by atoms with Gasteiger partial charge in [-0.15, -0.1) is 0 Å². The van der Waals surface area contributed by atoms with Gasteiger partial charge >= 0.3 is 0 Å². The summed E-state index contributed by atoms with van der Waals surface area (Å²) in [6.45, 7) is 1.72. The molecular formula is C13H15BrN2O4S. The van der Waals surface area contributed by atoms with Gasteiger partial charge in [-0.1, -0.05) is 0 Å². The van der Waals surface area contributed by atoms with E-state index in [1.807, 2.05) is 0 Å². The van der Waals surface area contributed by atoms with Crippen LogP contribution in [-0.4, -0.2) is 15.5 Å². The van der Waals surface area contributed by atoms with Crippen LogP contribution in [0.4, 0.5) is 5.69 Å². The van der Waals surface area contributed by atoms with Gasteiger partial charge in [0.1, 0.15) is 22.2 Å². The van der Waals surface area contributed by atoms with E-state index in [4.69, 9.17) is 14.9 Å². The number of rotatable bonds is 5. The lowest BCUT2D eigenvalue weighted by Gasteiger charge is -2.10. The van der Waals surface area contributed by atoms with Crippen molar-refractivity contribution >= 4 is 31.6 Å². The average molecular weight is 375 g/mol. The molecule has 0 bridgehead atoms.